The van der Waals surface area contributed by atoms with Crippen molar-refractivity contribution < 1.29 is 9.63 Å². The summed E-state index contributed by atoms with van der Waals surface area (Å²) in [4.78, 5) is 4.45. The monoisotopic (exact) mass is 269 g/mol. The first-order valence-corrected chi connectivity index (χ1v) is 6.84. The quantitative estimate of drug-likeness (QED) is 0.790. The molecule has 2 aromatic heterocycles. The van der Waals surface area contributed by atoms with E-state index in [1.165, 1.54) is 0 Å². The van der Waals surface area contributed by atoms with Crippen molar-refractivity contribution in [3.05, 3.63) is 47.7 Å². The molecule has 5 nitrogen and oxygen atoms in total. The lowest BCUT2D eigenvalue weighted by Gasteiger charge is -2.03. The predicted molar refractivity (Wildman–Crippen MR) is 73.2 cm³/mol. The van der Waals surface area contributed by atoms with Crippen LogP contribution >= 0.6 is 0 Å². The normalized spacial score (nSPS) is 15.1. The maximum atomic E-state index is 9.24. The van der Waals surface area contributed by atoms with Crippen molar-refractivity contribution in [1.29, 1.82) is 0 Å². The van der Waals surface area contributed by atoms with E-state index in [-0.39, 0.29) is 6.61 Å². The van der Waals surface area contributed by atoms with E-state index in [1.54, 1.807) is 0 Å². The molecule has 4 rings (SSSR count). The highest BCUT2D eigenvalue weighted by atomic mass is 16.5. The van der Waals surface area contributed by atoms with Crippen molar-refractivity contribution in [3.8, 4) is 0 Å². The van der Waals surface area contributed by atoms with Crippen LogP contribution in [0, 0.1) is 0 Å². The molecular weight excluding hydrogens is 254 g/mol. The summed E-state index contributed by atoms with van der Waals surface area (Å²) in [6, 6.07) is 8.01. The van der Waals surface area contributed by atoms with Crippen molar-refractivity contribution in [1.82, 2.24) is 14.7 Å². The summed E-state index contributed by atoms with van der Waals surface area (Å²) in [5.41, 5.74) is 1.98. The summed E-state index contributed by atoms with van der Waals surface area (Å²) in [5, 5.41) is 14.4. The van der Waals surface area contributed by atoms with Crippen LogP contribution in [0.3, 0.4) is 0 Å². The molecule has 0 unspecified atom stereocenters. The highest BCUT2D eigenvalue weighted by molar-refractivity contribution is 5.80. The topological polar surface area (TPSA) is 64.1 Å². The average Bonchev–Trinajstić information content (AvgIpc) is 3.11. The molecule has 1 aliphatic carbocycles. The van der Waals surface area contributed by atoms with Crippen LogP contribution in [-0.2, 0) is 13.2 Å². The lowest BCUT2D eigenvalue weighted by Crippen LogP contribution is -2.00. The fraction of sp³-hybridized carbons (Fsp3) is 0.333. The van der Waals surface area contributed by atoms with Gasteiger partial charge in [0.2, 0.25) is 5.89 Å². The van der Waals surface area contributed by atoms with E-state index in [1.807, 2.05) is 24.4 Å². The zero-order valence-electron chi connectivity index (χ0n) is 11.0. The first-order valence-electron chi connectivity index (χ1n) is 6.84. The number of aliphatic hydroxyl groups is 1. The Bertz CT molecular complexity index is 755. The summed E-state index contributed by atoms with van der Waals surface area (Å²) in [7, 11) is 0. The summed E-state index contributed by atoms with van der Waals surface area (Å²) in [6.45, 7) is 0.643. The average molecular weight is 269 g/mol. The van der Waals surface area contributed by atoms with Crippen molar-refractivity contribution in [2.75, 3.05) is 0 Å². The molecule has 102 valence electrons. The Morgan fingerprint density at radius 2 is 2.20 bits per heavy atom. The van der Waals surface area contributed by atoms with E-state index in [0.717, 1.165) is 35.2 Å². The Hall–Kier alpha value is -2.14. The fourth-order valence-corrected chi connectivity index (χ4v) is 2.45. The van der Waals surface area contributed by atoms with Gasteiger partial charge in [-0.05, 0) is 35.9 Å². The van der Waals surface area contributed by atoms with Gasteiger partial charge in [0.25, 0.3) is 0 Å². The van der Waals surface area contributed by atoms with Crippen molar-refractivity contribution in [2.24, 2.45) is 0 Å². The molecule has 0 aliphatic heterocycles. The Balaban J connectivity index is 1.66. The van der Waals surface area contributed by atoms with Crippen LogP contribution in [0.15, 0.2) is 35.0 Å². The molecule has 0 atom stereocenters. The van der Waals surface area contributed by atoms with Gasteiger partial charge in [0, 0.05) is 17.6 Å². The maximum absolute atomic E-state index is 9.24. The lowest BCUT2D eigenvalue weighted by atomic mass is 10.2. The van der Waals surface area contributed by atoms with Gasteiger partial charge in [-0.3, -0.25) is 0 Å². The standard InChI is InChI=1S/C15H15N3O2/c19-9-10-1-2-11-5-6-18(13(11)7-10)8-14-16-15(20-17-14)12-3-4-12/h1-2,5-7,12,19H,3-4,8-9H2. The Morgan fingerprint density at radius 3 is 3.00 bits per heavy atom. The highest BCUT2D eigenvalue weighted by Gasteiger charge is 2.29. The SMILES string of the molecule is OCc1ccc2ccn(Cc3noc(C4CC4)n3)c2c1. The maximum Gasteiger partial charge on any atom is 0.229 e. The predicted octanol–water partition coefficient (Wildman–Crippen LogP) is 2.44. The van der Waals surface area contributed by atoms with Crippen LogP contribution in [0.5, 0.6) is 0 Å². The van der Waals surface area contributed by atoms with Gasteiger partial charge in [-0.25, -0.2) is 0 Å². The van der Waals surface area contributed by atoms with Crippen molar-refractivity contribution in [2.45, 2.75) is 31.9 Å². The van der Waals surface area contributed by atoms with Crippen LogP contribution < -0.4 is 0 Å². The van der Waals surface area contributed by atoms with Crippen LogP contribution in [0.1, 0.15) is 36.0 Å². The molecule has 0 bridgehead atoms. The molecule has 1 fully saturated rings. The number of hydrogen-bond donors (Lipinski definition) is 1. The van der Waals surface area contributed by atoms with E-state index in [9.17, 15) is 5.11 Å². The second-order valence-corrected chi connectivity index (χ2v) is 5.32. The van der Waals surface area contributed by atoms with E-state index in [2.05, 4.69) is 20.8 Å². The third-order valence-electron chi connectivity index (χ3n) is 3.74. The molecule has 1 N–H and O–H groups in total. The second kappa shape index (κ2) is 4.45. The molecule has 0 spiro atoms. The minimum Gasteiger partial charge on any atom is -0.392 e. The summed E-state index contributed by atoms with van der Waals surface area (Å²) in [6.07, 6.45) is 4.33. The number of rotatable bonds is 4. The minimum atomic E-state index is 0.0508. The summed E-state index contributed by atoms with van der Waals surface area (Å²) in [5.74, 6) is 1.96. The minimum absolute atomic E-state index is 0.0508. The summed E-state index contributed by atoms with van der Waals surface area (Å²) < 4.78 is 7.36. The van der Waals surface area contributed by atoms with Crippen LogP contribution in [-0.4, -0.2) is 19.8 Å². The number of benzene rings is 1. The summed E-state index contributed by atoms with van der Waals surface area (Å²) >= 11 is 0. The smallest absolute Gasteiger partial charge is 0.229 e. The van der Waals surface area contributed by atoms with E-state index in [0.29, 0.717) is 18.3 Å². The number of aromatic nitrogens is 3. The molecule has 1 aromatic carbocycles. The van der Waals surface area contributed by atoms with Crippen LogP contribution in [0.4, 0.5) is 0 Å². The molecule has 0 amide bonds. The zero-order valence-corrected chi connectivity index (χ0v) is 11.0. The number of nitrogens with zero attached hydrogens (tertiary/aromatic N) is 3. The van der Waals surface area contributed by atoms with Gasteiger partial charge >= 0.3 is 0 Å². The van der Waals surface area contributed by atoms with Gasteiger partial charge in [0.1, 0.15) is 0 Å². The first-order chi connectivity index (χ1) is 9.83. The molecule has 1 aliphatic rings. The Kier molecular flexibility index (Phi) is 2.60. The van der Waals surface area contributed by atoms with Gasteiger partial charge in [-0.15, -0.1) is 0 Å². The molecule has 1 saturated carbocycles. The second-order valence-electron chi connectivity index (χ2n) is 5.32. The highest BCUT2D eigenvalue weighted by Crippen LogP contribution is 2.38. The first kappa shape index (κ1) is 11.7. The van der Waals surface area contributed by atoms with E-state index < -0.39 is 0 Å². The third-order valence-corrected chi connectivity index (χ3v) is 3.74. The zero-order chi connectivity index (χ0) is 13.5. The fourth-order valence-electron chi connectivity index (χ4n) is 2.45. The molecular formula is C15H15N3O2. The third kappa shape index (κ3) is 2.00. The lowest BCUT2D eigenvalue weighted by molar-refractivity contribution is 0.282. The van der Waals surface area contributed by atoms with E-state index >= 15 is 0 Å². The van der Waals surface area contributed by atoms with Crippen LogP contribution in [0.25, 0.3) is 10.9 Å². The van der Waals surface area contributed by atoms with Gasteiger partial charge < -0.3 is 14.2 Å². The van der Waals surface area contributed by atoms with Gasteiger partial charge in [0.05, 0.1) is 13.2 Å². The molecule has 2 heterocycles. The van der Waals surface area contributed by atoms with Gasteiger partial charge in [-0.1, -0.05) is 17.3 Å². The van der Waals surface area contributed by atoms with Crippen molar-refractivity contribution in [3.63, 3.8) is 0 Å². The van der Waals surface area contributed by atoms with Gasteiger partial charge in [-0.2, -0.15) is 4.98 Å². The van der Waals surface area contributed by atoms with Crippen molar-refractivity contribution >= 4 is 10.9 Å². The van der Waals surface area contributed by atoms with E-state index in [4.69, 9.17) is 4.52 Å². The molecule has 3 aromatic rings. The number of aliphatic hydroxyl groups excluding tert-OH is 1. The Morgan fingerprint density at radius 1 is 1.30 bits per heavy atom. The Labute approximate surface area is 115 Å². The molecule has 0 saturated heterocycles. The van der Waals surface area contributed by atoms with Crippen LogP contribution in [0.2, 0.25) is 0 Å². The number of fused-ring (bicyclic) bond motifs is 1. The molecule has 5 heteroatoms. The largest absolute Gasteiger partial charge is 0.392 e. The molecule has 20 heavy (non-hydrogen) atoms. The number of hydrogen-bond acceptors (Lipinski definition) is 4. The molecule has 0 radical (unpaired) electrons. The van der Waals surface area contributed by atoms with Gasteiger partial charge in [0.15, 0.2) is 5.82 Å².